The van der Waals surface area contributed by atoms with Crippen LogP contribution >= 0.6 is 11.3 Å². The van der Waals surface area contributed by atoms with Gasteiger partial charge >= 0.3 is 5.97 Å². The van der Waals surface area contributed by atoms with Gasteiger partial charge in [-0.05, 0) is 51.5 Å². The summed E-state index contributed by atoms with van der Waals surface area (Å²) in [6.07, 6.45) is 4.65. The Morgan fingerprint density at radius 2 is 1.96 bits per heavy atom. The van der Waals surface area contributed by atoms with E-state index in [9.17, 15) is 14.7 Å². The maximum Gasteiger partial charge on any atom is 0.348 e. The molecule has 1 aromatic heterocycles. The molecule has 1 amide bonds. The Bertz CT molecular complexity index is 694. The van der Waals surface area contributed by atoms with Crippen LogP contribution in [-0.2, 0) is 10.2 Å². The third kappa shape index (κ3) is 4.32. The van der Waals surface area contributed by atoms with E-state index in [1.807, 2.05) is 19.9 Å². The van der Waals surface area contributed by atoms with Gasteiger partial charge in [-0.25, -0.2) is 4.79 Å². The van der Waals surface area contributed by atoms with Crippen LogP contribution in [0.2, 0.25) is 0 Å². The van der Waals surface area contributed by atoms with E-state index in [-0.39, 0.29) is 28.2 Å². The Labute approximate surface area is 154 Å². The quantitative estimate of drug-likeness (QED) is 0.745. The Morgan fingerprint density at radius 3 is 2.40 bits per heavy atom. The Hall–Kier alpha value is -1.62. The van der Waals surface area contributed by atoms with E-state index in [0.29, 0.717) is 5.69 Å². The Kier molecular flexibility index (Phi) is 5.77. The molecule has 0 fully saturated rings. The number of anilines is 1. The van der Waals surface area contributed by atoms with Crippen LogP contribution < -0.4 is 4.90 Å². The van der Waals surface area contributed by atoms with Crippen LogP contribution in [0.1, 0.15) is 75.4 Å². The number of amides is 1. The molecule has 1 aromatic rings. The summed E-state index contributed by atoms with van der Waals surface area (Å²) in [4.78, 5) is 27.9. The summed E-state index contributed by atoms with van der Waals surface area (Å²) in [6.45, 7) is 12.2. The van der Waals surface area contributed by atoms with Gasteiger partial charge in [0.2, 0.25) is 5.91 Å². The van der Waals surface area contributed by atoms with Crippen LogP contribution in [0.5, 0.6) is 0 Å². The molecule has 138 valence electrons. The van der Waals surface area contributed by atoms with Gasteiger partial charge in [0.05, 0.1) is 5.69 Å². The number of hydrogen-bond donors (Lipinski definition) is 1. The monoisotopic (exact) mass is 363 g/mol. The summed E-state index contributed by atoms with van der Waals surface area (Å²) in [7, 11) is 0. The molecule has 2 rings (SSSR count). The van der Waals surface area contributed by atoms with E-state index in [1.165, 1.54) is 16.9 Å². The van der Waals surface area contributed by atoms with Crippen molar-refractivity contribution >= 4 is 28.9 Å². The molecule has 1 heterocycles. The van der Waals surface area contributed by atoms with Crippen molar-refractivity contribution in [3.63, 3.8) is 0 Å². The van der Waals surface area contributed by atoms with E-state index < -0.39 is 5.97 Å². The molecule has 0 aromatic carbocycles. The van der Waals surface area contributed by atoms with E-state index in [1.54, 1.807) is 4.90 Å². The second-order valence-electron chi connectivity index (χ2n) is 8.20. The number of aromatic carboxylic acids is 1. The molecule has 4 nitrogen and oxygen atoms in total. The summed E-state index contributed by atoms with van der Waals surface area (Å²) in [5.74, 6) is -0.987. The highest BCUT2D eigenvalue weighted by atomic mass is 32.1. The lowest BCUT2D eigenvalue weighted by Crippen LogP contribution is -2.42. The molecule has 0 saturated heterocycles. The molecule has 0 radical (unpaired) electrons. The van der Waals surface area contributed by atoms with Gasteiger partial charge in [-0.1, -0.05) is 32.4 Å². The van der Waals surface area contributed by atoms with Crippen LogP contribution in [0, 0.1) is 5.92 Å². The fourth-order valence-electron chi connectivity index (χ4n) is 3.12. The van der Waals surface area contributed by atoms with Crippen LogP contribution in [0.4, 0.5) is 5.69 Å². The van der Waals surface area contributed by atoms with Gasteiger partial charge in [-0.2, -0.15) is 0 Å². The fraction of sp³-hybridized carbons (Fsp3) is 0.600. The van der Waals surface area contributed by atoms with Crippen molar-refractivity contribution in [1.82, 2.24) is 0 Å². The molecule has 1 aliphatic carbocycles. The second-order valence-corrected chi connectivity index (χ2v) is 9.26. The van der Waals surface area contributed by atoms with Crippen molar-refractivity contribution in [3.8, 4) is 0 Å². The third-order valence-electron chi connectivity index (χ3n) is 4.65. The van der Waals surface area contributed by atoms with Crippen LogP contribution in [-0.4, -0.2) is 23.0 Å². The van der Waals surface area contributed by atoms with Crippen molar-refractivity contribution in [2.45, 2.75) is 72.3 Å². The Morgan fingerprint density at radius 1 is 1.32 bits per heavy atom. The largest absolute Gasteiger partial charge is 0.477 e. The molecule has 0 saturated carbocycles. The SMILES string of the molecule is CC1=CC[C@H](C(=O)N(c2cc(C(C)(C)C)sc2C(=O)O)C(C)C)CC1. The number of nitrogens with zero attached hydrogens (tertiary/aromatic N) is 1. The molecule has 1 atom stereocenters. The van der Waals surface area contributed by atoms with Crippen LogP contribution in [0.3, 0.4) is 0 Å². The van der Waals surface area contributed by atoms with Crippen molar-refractivity contribution in [2.75, 3.05) is 4.90 Å². The molecule has 25 heavy (non-hydrogen) atoms. The van der Waals surface area contributed by atoms with E-state index in [0.717, 1.165) is 24.1 Å². The summed E-state index contributed by atoms with van der Waals surface area (Å²) < 4.78 is 0. The minimum absolute atomic E-state index is 0.0412. The second kappa shape index (κ2) is 7.32. The number of carbonyl (C=O) groups excluding carboxylic acids is 1. The highest BCUT2D eigenvalue weighted by Gasteiger charge is 2.33. The summed E-state index contributed by atoms with van der Waals surface area (Å²) in [5.41, 5.74) is 1.73. The lowest BCUT2D eigenvalue weighted by Gasteiger charge is -2.31. The smallest absolute Gasteiger partial charge is 0.348 e. The molecule has 0 spiro atoms. The van der Waals surface area contributed by atoms with Crippen LogP contribution in [0.25, 0.3) is 0 Å². The summed E-state index contributed by atoms with van der Waals surface area (Å²) in [5, 5.41) is 9.67. The predicted molar refractivity (Wildman–Crippen MR) is 104 cm³/mol. The molecule has 0 aliphatic heterocycles. The zero-order valence-corrected chi connectivity index (χ0v) is 16.9. The normalized spacial score (nSPS) is 18.2. The topological polar surface area (TPSA) is 57.6 Å². The summed E-state index contributed by atoms with van der Waals surface area (Å²) >= 11 is 1.28. The number of allylic oxidation sites excluding steroid dienone is 2. The number of carbonyl (C=O) groups is 2. The minimum Gasteiger partial charge on any atom is -0.477 e. The van der Waals surface area contributed by atoms with Crippen LogP contribution in [0.15, 0.2) is 17.7 Å². The van der Waals surface area contributed by atoms with Gasteiger partial charge in [-0.3, -0.25) is 4.79 Å². The highest BCUT2D eigenvalue weighted by molar-refractivity contribution is 7.14. The highest BCUT2D eigenvalue weighted by Crippen LogP contribution is 2.39. The summed E-state index contributed by atoms with van der Waals surface area (Å²) in [6, 6.07) is 1.82. The first-order valence-corrected chi connectivity index (χ1v) is 9.70. The van der Waals surface area contributed by atoms with Gasteiger partial charge < -0.3 is 10.0 Å². The lowest BCUT2D eigenvalue weighted by atomic mass is 9.88. The predicted octanol–water partition coefficient (Wildman–Crippen LogP) is 5.23. The molecule has 1 N–H and O–H groups in total. The number of carboxylic acids is 1. The first-order chi connectivity index (χ1) is 11.5. The third-order valence-corrected chi connectivity index (χ3v) is 6.18. The van der Waals surface area contributed by atoms with Gasteiger partial charge in [0.25, 0.3) is 0 Å². The fourth-order valence-corrected chi connectivity index (χ4v) is 4.17. The number of carboxylic acid groups (broad SMARTS) is 1. The average Bonchev–Trinajstić information content (AvgIpc) is 2.92. The van der Waals surface area contributed by atoms with Gasteiger partial charge in [0, 0.05) is 16.8 Å². The molecule has 0 unspecified atom stereocenters. The maximum absolute atomic E-state index is 13.2. The van der Waals surface area contributed by atoms with Gasteiger partial charge in [0.1, 0.15) is 4.88 Å². The standard InChI is InChI=1S/C20H29NO3S/c1-12(2)21(18(22)14-9-7-13(3)8-10-14)15-11-16(20(4,5)6)25-17(15)19(23)24/h7,11-12,14H,8-10H2,1-6H3,(H,23,24)/t14-/m0/s1. The molecule has 0 bridgehead atoms. The van der Waals surface area contributed by atoms with Crippen molar-refractivity contribution < 1.29 is 14.7 Å². The lowest BCUT2D eigenvalue weighted by molar-refractivity contribution is -0.123. The van der Waals surface area contributed by atoms with Gasteiger partial charge in [-0.15, -0.1) is 11.3 Å². The van der Waals surface area contributed by atoms with E-state index >= 15 is 0 Å². The van der Waals surface area contributed by atoms with Crippen molar-refractivity contribution in [1.29, 1.82) is 0 Å². The van der Waals surface area contributed by atoms with Crippen molar-refractivity contribution in [2.24, 2.45) is 5.92 Å². The molecular formula is C20H29NO3S. The van der Waals surface area contributed by atoms with E-state index in [2.05, 4.69) is 33.8 Å². The van der Waals surface area contributed by atoms with E-state index in [4.69, 9.17) is 0 Å². The number of thiophene rings is 1. The van der Waals surface area contributed by atoms with Gasteiger partial charge in [0.15, 0.2) is 0 Å². The first kappa shape index (κ1) is 19.7. The molecular weight excluding hydrogens is 334 g/mol. The number of rotatable bonds is 4. The maximum atomic E-state index is 13.2. The zero-order chi connectivity index (χ0) is 18.9. The molecule has 5 heteroatoms. The minimum atomic E-state index is -0.965. The van der Waals surface area contributed by atoms with Crippen molar-refractivity contribution in [3.05, 3.63) is 27.5 Å². The number of hydrogen-bond acceptors (Lipinski definition) is 3. The first-order valence-electron chi connectivity index (χ1n) is 8.88. The Balaban J connectivity index is 2.45. The zero-order valence-electron chi connectivity index (χ0n) is 16.0. The average molecular weight is 364 g/mol. The molecule has 1 aliphatic rings.